The van der Waals surface area contributed by atoms with Crippen LogP contribution in [0, 0.1) is 0 Å². The summed E-state index contributed by atoms with van der Waals surface area (Å²) in [7, 11) is -3.60. The number of carbonyl (C=O) groups is 1. The number of sulfonamides is 1. The summed E-state index contributed by atoms with van der Waals surface area (Å²) in [5, 5.41) is 3.73. The maximum Gasteiger partial charge on any atom is 0.251 e. The molecular formula is C19H18N2O4S. The Labute approximate surface area is 151 Å². The Hall–Kier alpha value is -2.90. The molecule has 0 atom stereocenters. The Kier molecular flexibility index (Phi) is 5.20. The van der Waals surface area contributed by atoms with Gasteiger partial charge in [-0.05, 0) is 36.4 Å². The van der Waals surface area contributed by atoms with Crippen LogP contribution in [0.25, 0.3) is 11.0 Å². The van der Waals surface area contributed by atoms with Gasteiger partial charge in [-0.2, -0.15) is 0 Å². The molecule has 134 valence electrons. The standard InChI is InChI=1S/C19H18N2O4S/c1-2-11-21-26(23,24)17-9-7-14(8-10-17)19(22)20-13-16-12-15-5-3-4-6-18(15)25-16/h2-10,12,21H,1,11,13H2,(H,20,22). The second-order valence-corrected chi connectivity index (χ2v) is 7.37. The van der Waals surface area contributed by atoms with Gasteiger partial charge < -0.3 is 9.73 Å². The zero-order valence-corrected chi connectivity index (χ0v) is 14.8. The molecule has 0 bridgehead atoms. The van der Waals surface area contributed by atoms with Gasteiger partial charge in [0.1, 0.15) is 11.3 Å². The Morgan fingerprint density at radius 2 is 1.85 bits per heavy atom. The number of amides is 1. The summed E-state index contributed by atoms with van der Waals surface area (Å²) in [5.41, 5.74) is 1.13. The molecule has 0 unspecified atom stereocenters. The molecule has 26 heavy (non-hydrogen) atoms. The summed E-state index contributed by atoms with van der Waals surface area (Å²) in [6.07, 6.45) is 1.46. The number of rotatable bonds is 7. The van der Waals surface area contributed by atoms with Crippen molar-refractivity contribution in [3.8, 4) is 0 Å². The molecule has 0 saturated carbocycles. The first-order valence-corrected chi connectivity index (χ1v) is 9.44. The van der Waals surface area contributed by atoms with Crippen molar-refractivity contribution in [2.24, 2.45) is 0 Å². The van der Waals surface area contributed by atoms with Gasteiger partial charge in [0.2, 0.25) is 10.0 Å². The first-order chi connectivity index (χ1) is 12.5. The van der Waals surface area contributed by atoms with Crippen molar-refractivity contribution in [1.29, 1.82) is 0 Å². The zero-order chi connectivity index (χ0) is 18.6. The molecule has 6 nitrogen and oxygen atoms in total. The topological polar surface area (TPSA) is 88.4 Å². The number of hydrogen-bond acceptors (Lipinski definition) is 4. The van der Waals surface area contributed by atoms with E-state index in [-0.39, 0.29) is 23.9 Å². The minimum absolute atomic E-state index is 0.0909. The maximum atomic E-state index is 12.2. The van der Waals surface area contributed by atoms with E-state index >= 15 is 0 Å². The van der Waals surface area contributed by atoms with Crippen molar-refractivity contribution < 1.29 is 17.6 Å². The van der Waals surface area contributed by atoms with Gasteiger partial charge in [0.05, 0.1) is 11.4 Å². The fourth-order valence-corrected chi connectivity index (χ4v) is 3.43. The van der Waals surface area contributed by atoms with E-state index in [1.54, 1.807) is 0 Å². The average Bonchev–Trinajstić information content (AvgIpc) is 3.07. The zero-order valence-electron chi connectivity index (χ0n) is 13.9. The van der Waals surface area contributed by atoms with Gasteiger partial charge in [-0.15, -0.1) is 6.58 Å². The first kappa shape index (κ1) is 17.9. The predicted molar refractivity (Wildman–Crippen MR) is 99.2 cm³/mol. The second kappa shape index (κ2) is 7.55. The van der Waals surface area contributed by atoms with E-state index in [0.717, 1.165) is 11.0 Å². The predicted octanol–water partition coefficient (Wildman–Crippen LogP) is 2.83. The fourth-order valence-electron chi connectivity index (χ4n) is 2.43. The third-order valence-corrected chi connectivity index (χ3v) is 5.18. The van der Waals surface area contributed by atoms with E-state index < -0.39 is 10.0 Å². The molecule has 2 aromatic carbocycles. The SMILES string of the molecule is C=CCNS(=O)(=O)c1ccc(C(=O)NCc2cc3ccccc3o2)cc1. The van der Waals surface area contributed by atoms with Crippen molar-refractivity contribution in [2.75, 3.05) is 6.54 Å². The van der Waals surface area contributed by atoms with Gasteiger partial charge in [0, 0.05) is 17.5 Å². The van der Waals surface area contributed by atoms with E-state index in [0.29, 0.717) is 11.3 Å². The number of para-hydroxylation sites is 1. The summed E-state index contributed by atoms with van der Waals surface area (Å²) in [5.74, 6) is 0.334. The molecule has 1 amide bonds. The van der Waals surface area contributed by atoms with E-state index in [4.69, 9.17) is 4.42 Å². The number of hydrogen-bond donors (Lipinski definition) is 2. The number of furan rings is 1. The van der Waals surface area contributed by atoms with Crippen LogP contribution in [-0.2, 0) is 16.6 Å². The Bertz CT molecular complexity index is 1000. The number of benzene rings is 2. The molecule has 0 aliphatic rings. The quantitative estimate of drug-likeness (QED) is 0.626. The van der Waals surface area contributed by atoms with Crippen molar-refractivity contribution in [2.45, 2.75) is 11.4 Å². The molecule has 0 aliphatic carbocycles. The molecule has 0 fully saturated rings. The molecular weight excluding hydrogens is 352 g/mol. The number of carbonyl (C=O) groups excluding carboxylic acids is 1. The molecule has 3 aromatic rings. The smallest absolute Gasteiger partial charge is 0.251 e. The van der Waals surface area contributed by atoms with Crippen LogP contribution < -0.4 is 10.0 Å². The summed E-state index contributed by atoms with van der Waals surface area (Å²) in [6, 6.07) is 15.2. The van der Waals surface area contributed by atoms with Crippen molar-refractivity contribution in [1.82, 2.24) is 10.0 Å². The van der Waals surface area contributed by atoms with Crippen LogP contribution in [0.5, 0.6) is 0 Å². The maximum absolute atomic E-state index is 12.2. The minimum Gasteiger partial charge on any atom is -0.459 e. The monoisotopic (exact) mass is 370 g/mol. The van der Waals surface area contributed by atoms with Crippen molar-refractivity contribution in [3.63, 3.8) is 0 Å². The van der Waals surface area contributed by atoms with Gasteiger partial charge in [-0.3, -0.25) is 4.79 Å². The van der Waals surface area contributed by atoms with Crippen molar-refractivity contribution >= 4 is 26.9 Å². The lowest BCUT2D eigenvalue weighted by Gasteiger charge is -2.06. The second-order valence-electron chi connectivity index (χ2n) is 5.60. The molecule has 3 rings (SSSR count). The van der Waals surface area contributed by atoms with Crippen LogP contribution in [-0.4, -0.2) is 20.9 Å². The molecule has 7 heteroatoms. The van der Waals surface area contributed by atoms with Crippen LogP contribution in [0.4, 0.5) is 0 Å². The van der Waals surface area contributed by atoms with E-state index in [1.165, 1.54) is 30.3 Å². The normalized spacial score (nSPS) is 11.4. The lowest BCUT2D eigenvalue weighted by molar-refractivity contribution is 0.0948. The van der Waals surface area contributed by atoms with Gasteiger partial charge in [0.15, 0.2) is 0 Å². The average molecular weight is 370 g/mol. The van der Waals surface area contributed by atoms with Gasteiger partial charge in [-0.25, -0.2) is 13.1 Å². The molecule has 2 N–H and O–H groups in total. The van der Waals surface area contributed by atoms with Crippen LogP contribution in [0.15, 0.2) is 76.6 Å². The highest BCUT2D eigenvalue weighted by Gasteiger charge is 2.14. The van der Waals surface area contributed by atoms with Crippen LogP contribution >= 0.6 is 0 Å². The summed E-state index contributed by atoms with van der Waals surface area (Å²) in [4.78, 5) is 12.3. The summed E-state index contributed by atoms with van der Waals surface area (Å²) < 4.78 is 32.0. The lowest BCUT2D eigenvalue weighted by atomic mass is 10.2. The molecule has 0 radical (unpaired) electrons. The summed E-state index contributed by atoms with van der Waals surface area (Å²) >= 11 is 0. The van der Waals surface area contributed by atoms with Crippen LogP contribution in [0.2, 0.25) is 0 Å². The highest BCUT2D eigenvalue weighted by atomic mass is 32.2. The largest absolute Gasteiger partial charge is 0.459 e. The Balaban J connectivity index is 1.65. The number of fused-ring (bicyclic) bond motifs is 1. The molecule has 1 heterocycles. The fraction of sp³-hybridized carbons (Fsp3) is 0.105. The highest BCUT2D eigenvalue weighted by Crippen LogP contribution is 2.18. The third-order valence-electron chi connectivity index (χ3n) is 3.74. The lowest BCUT2D eigenvalue weighted by Crippen LogP contribution is -2.24. The van der Waals surface area contributed by atoms with E-state index in [1.807, 2.05) is 30.3 Å². The Morgan fingerprint density at radius 3 is 2.54 bits per heavy atom. The third kappa shape index (κ3) is 4.01. The van der Waals surface area contributed by atoms with Crippen molar-refractivity contribution in [3.05, 3.63) is 78.6 Å². The van der Waals surface area contributed by atoms with E-state index in [2.05, 4.69) is 16.6 Å². The molecule has 1 aromatic heterocycles. The van der Waals surface area contributed by atoms with Crippen LogP contribution in [0.1, 0.15) is 16.1 Å². The van der Waals surface area contributed by atoms with Crippen LogP contribution in [0.3, 0.4) is 0 Å². The van der Waals surface area contributed by atoms with Gasteiger partial charge in [-0.1, -0.05) is 24.3 Å². The van der Waals surface area contributed by atoms with Gasteiger partial charge in [0.25, 0.3) is 5.91 Å². The number of nitrogens with one attached hydrogen (secondary N) is 2. The molecule has 0 saturated heterocycles. The Morgan fingerprint density at radius 1 is 1.12 bits per heavy atom. The first-order valence-electron chi connectivity index (χ1n) is 7.96. The molecule has 0 aliphatic heterocycles. The van der Waals surface area contributed by atoms with Gasteiger partial charge >= 0.3 is 0 Å². The summed E-state index contributed by atoms with van der Waals surface area (Å²) in [6.45, 7) is 3.85. The minimum atomic E-state index is -3.60. The molecule has 0 spiro atoms. The highest BCUT2D eigenvalue weighted by molar-refractivity contribution is 7.89. The van der Waals surface area contributed by atoms with E-state index in [9.17, 15) is 13.2 Å².